The lowest BCUT2D eigenvalue weighted by Gasteiger charge is -2.10. The number of para-hydroxylation sites is 2. The van der Waals surface area contributed by atoms with Crippen LogP contribution in [-0.2, 0) is 13.0 Å². The highest BCUT2D eigenvalue weighted by molar-refractivity contribution is 5.75. The van der Waals surface area contributed by atoms with E-state index in [9.17, 15) is 17.6 Å². The molecule has 24 heavy (non-hydrogen) atoms. The van der Waals surface area contributed by atoms with Crippen molar-refractivity contribution in [2.45, 2.75) is 19.9 Å². The molecule has 0 amide bonds. The number of anilines is 1. The molecule has 0 aliphatic heterocycles. The van der Waals surface area contributed by atoms with E-state index in [-0.39, 0.29) is 6.54 Å². The zero-order valence-corrected chi connectivity index (χ0v) is 12.8. The summed E-state index contributed by atoms with van der Waals surface area (Å²) in [5, 5.41) is 2.38. The van der Waals surface area contributed by atoms with E-state index in [1.807, 2.05) is 35.8 Å². The summed E-state index contributed by atoms with van der Waals surface area (Å²) in [6.45, 7) is 2.69. The number of aryl methyl sites for hydroxylation is 1. The molecule has 2 heterocycles. The van der Waals surface area contributed by atoms with Gasteiger partial charge in [0.05, 0.1) is 11.0 Å². The van der Waals surface area contributed by atoms with Gasteiger partial charge >= 0.3 is 0 Å². The van der Waals surface area contributed by atoms with Crippen molar-refractivity contribution >= 4 is 16.7 Å². The third-order valence-corrected chi connectivity index (χ3v) is 3.70. The highest BCUT2D eigenvalue weighted by Gasteiger charge is 2.20. The van der Waals surface area contributed by atoms with E-state index in [4.69, 9.17) is 0 Å². The van der Waals surface area contributed by atoms with Crippen LogP contribution in [0.15, 0.2) is 24.3 Å². The van der Waals surface area contributed by atoms with Crippen molar-refractivity contribution in [2.75, 3.05) is 11.9 Å². The Morgan fingerprint density at radius 3 is 2.33 bits per heavy atom. The molecule has 0 spiro atoms. The number of hydrogen-bond donors (Lipinski definition) is 1. The summed E-state index contributed by atoms with van der Waals surface area (Å²) in [4.78, 5) is 6.99. The smallest absolute Gasteiger partial charge is 0.253 e. The zero-order chi connectivity index (χ0) is 17.3. The molecule has 3 rings (SSSR count). The second-order valence-electron chi connectivity index (χ2n) is 5.13. The summed E-state index contributed by atoms with van der Waals surface area (Å²) < 4.78 is 55.2. The molecule has 3 aromatic rings. The zero-order valence-electron chi connectivity index (χ0n) is 12.8. The Morgan fingerprint density at radius 1 is 1.00 bits per heavy atom. The largest absolute Gasteiger partial charge is 0.380 e. The molecule has 0 aliphatic carbocycles. The fraction of sp³-hybridized carbons (Fsp3) is 0.250. The minimum atomic E-state index is -1.68. The Hall–Kier alpha value is -2.64. The van der Waals surface area contributed by atoms with Crippen LogP contribution in [0.5, 0.6) is 0 Å². The van der Waals surface area contributed by atoms with Crippen LogP contribution in [0.4, 0.5) is 23.2 Å². The Labute approximate surface area is 135 Å². The number of hydrogen-bond acceptors (Lipinski definition) is 3. The SMILES string of the molecule is CCn1c(CCNc2c(F)c(F)nc(F)c2F)nc2ccccc21. The van der Waals surface area contributed by atoms with Gasteiger partial charge in [0.15, 0.2) is 0 Å². The molecule has 0 radical (unpaired) electrons. The lowest BCUT2D eigenvalue weighted by Crippen LogP contribution is -2.14. The number of benzene rings is 1. The summed E-state index contributed by atoms with van der Waals surface area (Å²) in [5.74, 6) is -5.74. The number of nitrogens with one attached hydrogen (secondary N) is 1. The first-order chi connectivity index (χ1) is 11.5. The van der Waals surface area contributed by atoms with Crippen LogP contribution in [0.25, 0.3) is 11.0 Å². The average molecular weight is 338 g/mol. The molecule has 126 valence electrons. The molecule has 2 aromatic heterocycles. The summed E-state index contributed by atoms with van der Waals surface area (Å²) in [5.41, 5.74) is 0.903. The first-order valence-electron chi connectivity index (χ1n) is 7.41. The van der Waals surface area contributed by atoms with Crippen LogP contribution in [-0.4, -0.2) is 21.1 Å². The summed E-state index contributed by atoms with van der Waals surface area (Å²) in [7, 11) is 0. The van der Waals surface area contributed by atoms with Gasteiger partial charge in [0, 0.05) is 19.5 Å². The molecule has 4 nitrogen and oxygen atoms in total. The van der Waals surface area contributed by atoms with Gasteiger partial charge in [-0.25, -0.2) is 4.98 Å². The van der Waals surface area contributed by atoms with Gasteiger partial charge in [-0.05, 0) is 19.1 Å². The molecular weight excluding hydrogens is 324 g/mol. The highest BCUT2D eigenvalue weighted by atomic mass is 19.2. The van der Waals surface area contributed by atoms with Crippen LogP contribution < -0.4 is 5.32 Å². The maximum atomic E-state index is 13.6. The quantitative estimate of drug-likeness (QED) is 0.570. The Morgan fingerprint density at radius 2 is 1.67 bits per heavy atom. The highest BCUT2D eigenvalue weighted by Crippen LogP contribution is 2.22. The average Bonchev–Trinajstić information content (AvgIpc) is 2.93. The molecule has 0 saturated carbocycles. The van der Waals surface area contributed by atoms with E-state index in [1.54, 1.807) is 0 Å². The number of rotatable bonds is 5. The van der Waals surface area contributed by atoms with Crippen LogP contribution in [0.3, 0.4) is 0 Å². The Balaban J connectivity index is 1.81. The predicted octanol–water partition coefficient (Wildman–Crippen LogP) is 3.66. The van der Waals surface area contributed by atoms with Gasteiger partial charge in [-0.3, -0.25) is 0 Å². The number of halogens is 4. The van der Waals surface area contributed by atoms with Gasteiger partial charge in [0.1, 0.15) is 11.5 Å². The molecule has 0 fully saturated rings. The van der Waals surface area contributed by atoms with Crippen molar-refractivity contribution in [3.8, 4) is 0 Å². The van der Waals surface area contributed by atoms with E-state index in [0.29, 0.717) is 18.8 Å². The van der Waals surface area contributed by atoms with Crippen LogP contribution in [0.1, 0.15) is 12.7 Å². The minimum Gasteiger partial charge on any atom is -0.380 e. The maximum Gasteiger partial charge on any atom is 0.253 e. The first-order valence-corrected chi connectivity index (χ1v) is 7.41. The summed E-state index contributed by atoms with van der Waals surface area (Å²) >= 11 is 0. The Bertz CT molecular complexity index is 865. The van der Waals surface area contributed by atoms with Crippen molar-refractivity contribution < 1.29 is 17.6 Å². The molecule has 0 aliphatic rings. The predicted molar refractivity (Wildman–Crippen MR) is 81.7 cm³/mol. The van der Waals surface area contributed by atoms with Crippen molar-refractivity contribution in [2.24, 2.45) is 0 Å². The van der Waals surface area contributed by atoms with Crippen molar-refractivity contribution in [1.82, 2.24) is 14.5 Å². The van der Waals surface area contributed by atoms with E-state index < -0.39 is 29.2 Å². The lowest BCUT2D eigenvalue weighted by atomic mass is 10.3. The maximum absolute atomic E-state index is 13.6. The molecule has 0 saturated heterocycles. The van der Waals surface area contributed by atoms with Gasteiger partial charge < -0.3 is 9.88 Å². The van der Waals surface area contributed by atoms with E-state index in [1.165, 1.54) is 0 Å². The van der Waals surface area contributed by atoms with Gasteiger partial charge in [0.2, 0.25) is 11.6 Å². The van der Waals surface area contributed by atoms with E-state index in [2.05, 4.69) is 15.3 Å². The topological polar surface area (TPSA) is 42.7 Å². The second-order valence-corrected chi connectivity index (χ2v) is 5.13. The fourth-order valence-corrected chi connectivity index (χ4v) is 2.61. The molecular formula is C16H14F4N4. The third-order valence-electron chi connectivity index (χ3n) is 3.70. The lowest BCUT2D eigenvalue weighted by molar-refractivity contribution is 0.410. The van der Waals surface area contributed by atoms with Gasteiger partial charge in [0.25, 0.3) is 11.9 Å². The summed E-state index contributed by atoms with van der Waals surface area (Å²) in [6.07, 6.45) is 0.326. The molecule has 1 N–H and O–H groups in total. The number of nitrogens with zero attached hydrogens (tertiary/aromatic N) is 3. The van der Waals surface area contributed by atoms with Crippen molar-refractivity contribution in [3.63, 3.8) is 0 Å². The standard InChI is InChI=1S/C16H14F4N4/c1-2-24-10-6-4-3-5-9(10)22-11(24)7-8-21-14-12(17)15(19)23-16(20)13(14)18/h3-6H,2,7-8H2,1H3,(H,21,23). The Kier molecular flexibility index (Phi) is 4.37. The second kappa shape index (κ2) is 6.46. The van der Waals surface area contributed by atoms with Gasteiger partial charge in [-0.15, -0.1) is 0 Å². The molecule has 8 heteroatoms. The van der Waals surface area contributed by atoms with Crippen molar-refractivity contribution in [1.29, 1.82) is 0 Å². The van der Waals surface area contributed by atoms with Crippen molar-refractivity contribution in [3.05, 3.63) is 53.6 Å². The fourth-order valence-electron chi connectivity index (χ4n) is 2.61. The monoisotopic (exact) mass is 338 g/mol. The molecule has 0 atom stereocenters. The first kappa shape index (κ1) is 16.2. The third kappa shape index (κ3) is 2.79. The number of aromatic nitrogens is 3. The van der Waals surface area contributed by atoms with Crippen LogP contribution >= 0.6 is 0 Å². The van der Waals surface area contributed by atoms with Crippen LogP contribution in [0, 0.1) is 23.5 Å². The van der Waals surface area contributed by atoms with E-state index in [0.717, 1.165) is 11.0 Å². The number of imidazole rings is 1. The van der Waals surface area contributed by atoms with Crippen LogP contribution in [0.2, 0.25) is 0 Å². The molecule has 0 bridgehead atoms. The molecule has 0 unspecified atom stereocenters. The minimum absolute atomic E-state index is 0.0556. The normalized spacial score (nSPS) is 11.2. The van der Waals surface area contributed by atoms with Gasteiger partial charge in [-0.1, -0.05) is 12.1 Å². The molecule has 1 aromatic carbocycles. The van der Waals surface area contributed by atoms with Gasteiger partial charge in [-0.2, -0.15) is 22.5 Å². The van der Waals surface area contributed by atoms with E-state index >= 15 is 0 Å². The number of fused-ring (bicyclic) bond motifs is 1. The number of pyridine rings is 1. The summed E-state index contributed by atoms with van der Waals surface area (Å²) in [6, 6.07) is 7.55.